The Morgan fingerprint density at radius 2 is 1.64 bits per heavy atom. The highest BCUT2D eigenvalue weighted by atomic mass is 16.3. The lowest BCUT2D eigenvalue weighted by Crippen LogP contribution is -2.25. The van der Waals surface area contributed by atoms with Crippen LogP contribution in [0.1, 0.15) is 12.8 Å². The predicted octanol–water partition coefficient (Wildman–Crippen LogP) is -0.970. The fraction of sp³-hybridized carbons (Fsp3) is 0.714. The molecule has 4 nitrogen and oxygen atoms in total. The summed E-state index contributed by atoms with van der Waals surface area (Å²) in [7, 11) is 0. The largest absolute Gasteiger partial charge is 0.393 e. The molecule has 0 radical (unpaired) electrons. The summed E-state index contributed by atoms with van der Waals surface area (Å²) in [5, 5.41) is 11.4. The zero-order chi connectivity index (χ0) is 8.01. The summed E-state index contributed by atoms with van der Waals surface area (Å²) in [6, 6.07) is 0. The lowest BCUT2D eigenvalue weighted by Gasteiger charge is -1.99. The van der Waals surface area contributed by atoms with E-state index in [1.165, 1.54) is 0 Å². The molecule has 0 spiro atoms. The van der Waals surface area contributed by atoms with Crippen LogP contribution in [0.5, 0.6) is 0 Å². The average molecular weight is 155 g/mol. The maximum Gasteiger partial charge on any atom is 0.230 e. The number of hydrogen-bond acceptors (Lipinski definition) is 3. The van der Waals surface area contributed by atoms with E-state index in [0.29, 0.717) is 12.8 Å². The number of aliphatic hydroxyl groups is 1. The van der Waals surface area contributed by atoms with Gasteiger partial charge in [0.2, 0.25) is 11.8 Å². The Balaban J connectivity index is 2.23. The van der Waals surface area contributed by atoms with Gasteiger partial charge in [-0.25, -0.2) is 0 Å². The van der Waals surface area contributed by atoms with Gasteiger partial charge < -0.3 is 5.11 Å². The zero-order valence-corrected chi connectivity index (χ0v) is 5.91. The number of nitrogens with one attached hydrogen (secondary N) is 1. The second-order valence-corrected chi connectivity index (χ2v) is 3.19. The third-order valence-corrected chi connectivity index (χ3v) is 2.46. The van der Waals surface area contributed by atoms with Gasteiger partial charge in [0, 0.05) is 0 Å². The minimum absolute atomic E-state index is 0.212. The third kappa shape index (κ3) is 0.860. The molecule has 2 unspecified atom stereocenters. The predicted molar refractivity (Wildman–Crippen MR) is 35.4 cm³/mol. The highest BCUT2D eigenvalue weighted by molar-refractivity contribution is 6.05. The van der Waals surface area contributed by atoms with E-state index in [0.717, 1.165) is 0 Å². The molecule has 1 saturated carbocycles. The third-order valence-electron chi connectivity index (χ3n) is 2.46. The van der Waals surface area contributed by atoms with Crippen LogP contribution < -0.4 is 5.32 Å². The van der Waals surface area contributed by atoms with Gasteiger partial charge in [-0.2, -0.15) is 0 Å². The molecule has 0 aromatic rings. The highest BCUT2D eigenvalue weighted by Crippen LogP contribution is 2.35. The second-order valence-electron chi connectivity index (χ2n) is 3.19. The summed E-state index contributed by atoms with van der Waals surface area (Å²) in [4.78, 5) is 21.9. The van der Waals surface area contributed by atoms with Gasteiger partial charge in [-0.3, -0.25) is 14.9 Å². The smallest absolute Gasteiger partial charge is 0.230 e. The quantitative estimate of drug-likeness (QED) is 0.442. The van der Waals surface area contributed by atoms with Crippen molar-refractivity contribution >= 4 is 11.8 Å². The minimum atomic E-state index is -0.458. The Labute approximate surface area is 63.6 Å². The molecule has 0 aromatic carbocycles. The molecule has 2 atom stereocenters. The number of rotatable bonds is 0. The molecule has 4 heteroatoms. The van der Waals surface area contributed by atoms with Crippen LogP contribution in [0.15, 0.2) is 0 Å². The summed E-state index contributed by atoms with van der Waals surface area (Å²) in [5.74, 6) is -0.928. The molecule has 0 bridgehead atoms. The maximum atomic E-state index is 11.0. The molecule has 11 heavy (non-hydrogen) atoms. The summed E-state index contributed by atoms with van der Waals surface area (Å²) < 4.78 is 0. The van der Waals surface area contributed by atoms with E-state index in [-0.39, 0.29) is 23.7 Å². The second kappa shape index (κ2) is 2.04. The minimum Gasteiger partial charge on any atom is -0.393 e. The first kappa shape index (κ1) is 6.79. The van der Waals surface area contributed by atoms with Crippen LogP contribution in [0.4, 0.5) is 0 Å². The first-order chi connectivity index (χ1) is 5.18. The molecule has 2 aliphatic rings. The first-order valence-electron chi connectivity index (χ1n) is 3.71. The Kier molecular flexibility index (Phi) is 1.26. The Morgan fingerprint density at radius 1 is 1.18 bits per heavy atom. The van der Waals surface area contributed by atoms with E-state index in [1.807, 2.05) is 0 Å². The lowest BCUT2D eigenvalue weighted by atomic mass is 10.00. The maximum absolute atomic E-state index is 11.0. The van der Waals surface area contributed by atoms with Crippen LogP contribution in [0, 0.1) is 11.8 Å². The standard InChI is InChI=1S/C7H9NO3/c9-3-1-4-5(2-3)7(11)8-6(4)10/h3-5,9H,1-2H2,(H,8,10,11). The fourth-order valence-corrected chi connectivity index (χ4v) is 1.90. The molecular weight excluding hydrogens is 146 g/mol. The molecule has 1 heterocycles. The molecule has 1 aliphatic heterocycles. The van der Waals surface area contributed by atoms with Crippen molar-refractivity contribution in [3.05, 3.63) is 0 Å². The van der Waals surface area contributed by atoms with Crippen LogP contribution in [-0.4, -0.2) is 23.0 Å². The van der Waals surface area contributed by atoms with Crippen molar-refractivity contribution in [1.82, 2.24) is 5.32 Å². The molecular formula is C7H9NO3. The van der Waals surface area contributed by atoms with Gasteiger partial charge in [0.05, 0.1) is 17.9 Å². The van der Waals surface area contributed by atoms with Gasteiger partial charge >= 0.3 is 0 Å². The van der Waals surface area contributed by atoms with Crippen molar-refractivity contribution < 1.29 is 14.7 Å². The number of amides is 2. The van der Waals surface area contributed by atoms with Gasteiger partial charge in [-0.15, -0.1) is 0 Å². The van der Waals surface area contributed by atoms with Crippen molar-refractivity contribution in [2.45, 2.75) is 18.9 Å². The van der Waals surface area contributed by atoms with E-state index in [2.05, 4.69) is 5.32 Å². The monoisotopic (exact) mass is 155 g/mol. The van der Waals surface area contributed by atoms with Crippen molar-refractivity contribution in [3.63, 3.8) is 0 Å². The molecule has 60 valence electrons. The van der Waals surface area contributed by atoms with Gasteiger partial charge in [0.1, 0.15) is 0 Å². The molecule has 0 aromatic heterocycles. The summed E-state index contributed by atoms with van der Waals surface area (Å²) >= 11 is 0. The molecule has 2 fully saturated rings. The molecule has 2 rings (SSSR count). The van der Waals surface area contributed by atoms with Crippen LogP contribution >= 0.6 is 0 Å². The number of imide groups is 1. The Morgan fingerprint density at radius 3 is 2.09 bits per heavy atom. The van der Waals surface area contributed by atoms with Crippen LogP contribution in [0.3, 0.4) is 0 Å². The topological polar surface area (TPSA) is 66.4 Å². The Hall–Kier alpha value is -0.900. The summed E-state index contributed by atoms with van der Waals surface area (Å²) in [6.45, 7) is 0. The normalized spacial score (nSPS) is 42.5. The number of carbonyl (C=O) groups excluding carboxylic acids is 2. The van der Waals surface area contributed by atoms with Crippen molar-refractivity contribution in [3.8, 4) is 0 Å². The first-order valence-corrected chi connectivity index (χ1v) is 3.71. The van der Waals surface area contributed by atoms with E-state index in [1.54, 1.807) is 0 Å². The van der Waals surface area contributed by atoms with E-state index in [9.17, 15) is 9.59 Å². The van der Waals surface area contributed by atoms with Crippen LogP contribution in [0.25, 0.3) is 0 Å². The van der Waals surface area contributed by atoms with Gasteiger partial charge in [-0.1, -0.05) is 0 Å². The number of carbonyl (C=O) groups is 2. The van der Waals surface area contributed by atoms with E-state index >= 15 is 0 Å². The van der Waals surface area contributed by atoms with E-state index in [4.69, 9.17) is 5.11 Å². The molecule has 1 saturated heterocycles. The van der Waals surface area contributed by atoms with Gasteiger partial charge in [0.25, 0.3) is 0 Å². The zero-order valence-electron chi connectivity index (χ0n) is 5.91. The number of fused-ring (bicyclic) bond motifs is 1. The molecule has 2 N–H and O–H groups in total. The van der Waals surface area contributed by atoms with Crippen LogP contribution in [0.2, 0.25) is 0 Å². The lowest BCUT2D eigenvalue weighted by molar-refractivity contribution is -0.127. The molecule has 1 aliphatic carbocycles. The van der Waals surface area contributed by atoms with Gasteiger partial charge in [0.15, 0.2) is 0 Å². The fourth-order valence-electron chi connectivity index (χ4n) is 1.90. The number of hydrogen-bond donors (Lipinski definition) is 2. The van der Waals surface area contributed by atoms with E-state index < -0.39 is 6.10 Å². The summed E-state index contributed by atoms with van der Waals surface area (Å²) in [5.41, 5.74) is 0. The average Bonchev–Trinajstić information content (AvgIpc) is 2.38. The number of aliphatic hydroxyl groups excluding tert-OH is 1. The van der Waals surface area contributed by atoms with Crippen molar-refractivity contribution in [2.24, 2.45) is 11.8 Å². The highest BCUT2D eigenvalue weighted by Gasteiger charge is 2.47. The van der Waals surface area contributed by atoms with Gasteiger partial charge in [-0.05, 0) is 12.8 Å². The summed E-state index contributed by atoms with van der Waals surface area (Å²) in [6.07, 6.45) is 0.435. The molecule has 2 amide bonds. The van der Waals surface area contributed by atoms with Crippen molar-refractivity contribution in [2.75, 3.05) is 0 Å². The SMILES string of the molecule is O=C1NC(=O)C2CC(O)CC12. The van der Waals surface area contributed by atoms with Crippen LogP contribution in [-0.2, 0) is 9.59 Å². The van der Waals surface area contributed by atoms with Crippen molar-refractivity contribution in [1.29, 1.82) is 0 Å². The Bertz CT molecular complexity index is 204.